The molecule has 2 N–H and O–H groups in total. The summed E-state index contributed by atoms with van der Waals surface area (Å²) in [5, 5.41) is 4.04. The van der Waals surface area contributed by atoms with Gasteiger partial charge in [0.25, 0.3) is 0 Å². The van der Waals surface area contributed by atoms with E-state index >= 15 is 0 Å². The molecular weight excluding hydrogens is 434 g/mol. The van der Waals surface area contributed by atoms with Crippen LogP contribution >= 0.6 is 0 Å². The van der Waals surface area contributed by atoms with Crippen molar-refractivity contribution in [2.45, 2.75) is 56.4 Å². The topological polar surface area (TPSA) is 82.3 Å². The summed E-state index contributed by atoms with van der Waals surface area (Å²) in [4.78, 5) is 16.5. The van der Waals surface area contributed by atoms with Gasteiger partial charge in [-0.2, -0.15) is 4.31 Å². The zero-order valence-electron chi connectivity index (χ0n) is 18.8. The number of H-pyrrole nitrogens is 1. The van der Waals surface area contributed by atoms with Crippen molar-refractivity contribution in [2.24, 2.45) is 5.92 Å². The number of aromatic amines is 1. The lowest BCUT2D eigenvalue weighted by atomic mass is 9.97. The molecule has 1 aromatic heterocycles. The van der Waals surface area contributed by atoms with Crippen molar-refractivity contribution < 1.29 is 13.2 Å². The molecule has 0 unspecified atom stereocenters. The molecule has 2 heterocycles. The number of sulfonamides is 1. The first-order valence-corrected chi connectivity index (χ1v) is 13.4. The Morgan fingerprint density at radius 3 is 2.55 bits per heavy atom. The summed E-state index contributed by atoms with van der Waals surface area (Å²) in [7, 11) is -3.58. The third-order valence-electron chi connectivity index (χ3n) is 7.09. The normalized spacial score (nSPS) is 18.1. The van der Waals surface area contributed by atoms with Crippen molar-refractivity contribution in [3.63, 3.8) is 0 Å². The Balaban J connectivity index is 1.26. The van der Waals surface area contributed by atoms with Crippen molar-refractivity contribution in [3.05, 3.63) is 65.4 Å². The number of benzene rings is 2. The van der Waals surface area contributed by atoms with Crippen LogP contribution in [0.4, 0.5) is 0 Å². The molecule has 174 valence electrons. The number of amides is 1. The molecule has 1 amide bonds. The van der Waals surface area contributed by atoms with Crippen LogP contribution in [0.2, 0.25) is 0 Å². The first-order chi connectivity index (χ1) is 16.0. The van der Waals surface area contributed by atoms with Gasteiger partial charge in [-0.15, -0.1) is 0 Å². The van der Waals surface area contributed by atoms with Crippen LogP contribution in [0.5, 0.6) is 0 Å². The molecule has 6 nitrogen and oxygen atoms in total. The minimum atomic E-state index is -3.58. The Morgan fingerprint density at radius 1 is 1.00 bits per heavy atom. The summed E-state index contributed by atoms with van der Waals surface area (Å²) >= 11 is 0. The Morgan fingerprint density at radius 2 is 1.76 bits per heavy atom. The van der Waals surface area contributed by atoms with Crippen LogP contribution in [0.15, 0.2) is 53.4 Å². The second kappa shape index (κ2) is 9.31. The molecule has 1 aliphatic heterocycles. The van der Waals surface area contributed by atoms with Crippen LogP contribution < -0.4 is 5.32 Å². The molecule has 0 saturated carbocycles. The summed E-state index contributed by atoms with van der Waals surface area (Å²) in [6, 6.07) is 15.3. The zero-order chi connectivity index (χ0) is 22.8. The summed E-state index contributed by atoms with van der Waals surface area (Å²) < 4.78 is 28.3. The van der Waals surface area contributed by atoms with Gasteiger partial charge in [0.05, 0.1) is 4.90 Å². The molecular formula is C26H31N3O3S. The minimum Gasteiger partial charge on any atom is -0.358 e. The Bertz CT molecular complexity index is 1240. The number of hydrogen-bond acceptors (Lipinski definition) is 3. The molecule has 1 aliphatic carbocycles. The highest BCUT2D eigenvalue weighted by atomic mass is 32.2. The molecule has 0 bridgehead atoms. The number of carbonyl (C=O) groups excluding carboxylic acids is 1. The van der Waals surface area contributed by atoms with Crippen LogP contribution in [-0.2, 0) is 34.2 Å². The highest BCUT2D eigenvalue weighted by Crippen LogP contribution is 2.32. The average Bonchev–Trinajstić information content (AvgIpc) is 3.02. The van der Waals surface area contributed by atoms with E-state index in [1.54, 1.807) is 10.4 Å². The summed E-state index contributed by atoms with van der Waals surface area (Å²) in [5.41, 5.74) is 4.63. The van der Waals surface area contributed by atoms with Crippen LogP contribution in [0, 0.1) is 5.92 Å². The van der Waals surface area contributed by atoms with Gasteiger partial charge in [0, 0.05) is 42.1 Å². The van der Waals surface area contributed by atoms with E-state index in [0.717, 1.165) is 35.7 Å². The van der Waals surface area contributed by atoms with E-state index in [0.29, 0.717) is 37.4 Å². The van der Waals surface area contributed by atoms with Crippen molar-refractivity contribution >= 4 is 26.8 Å². The fourth-order valence-corrected chi connectivity index (χ4v) is 6.66. The predicted molar refractivity (Wildman–Crippen MR) is 129 cm³/mol. The molecule has 0 spiro atoms. The van der Waals surface area contributed by atoms with Gasteiger partial charge in [-0.1, -0.05) is 36.8 Å². The van der Waals surface area contributed by atoms with Gasteiger partial charge in [0.1, 0.15) is 0 Å². The van der Waals surface area contributed by atoms with E-state index in [1.165, 1.54) is 24.1 Å². The summed E-state index contributed by atoms with van der Waals surface area (Å²) in [6.45, 7) is 1.24. The van der Waals surface area contributed by atoms with Gasteiger partial charge >= 0.3 is 0 Å². The van der Waals surface area contributed by atoms with E-state index in [-0.39, 0.29) is 11.8 Å². The molecule has 7 heteroatoms. The first kappa shape index (κ1) is 22.2. The number of fused-ring (bicyclic) bond motifs is 3. The van der Waals surface area contributed by atoms with Crippen LogP contribution in [-0.4, -0.2) is 36.7 Å². The summed E-state index contributed by atoms with van der Waals surface area (Å²) in [5.74, 6) is -0.143. The van der Waals surface area contributed by atoms with Gasteiger partial charge in [0.2, 0.25) is 15.9 Å². The smallest absolute Gasteiger partial charge is 0.243 e. The van der Waals surface area contributed by atoms with E-state index in [4.69, 9.17) is 0 Å². The molecule has 0 atom stereocenters. The lowest BCUT2D eigenvalue weighted by Crippen LogP contribution is -2.42. The second-order valence-corrected chi connectivity index (χ2v) is 11.2. The quantitative estimate of drug-likeness (QED) is 0.555. The number of nitrogens with zero attached hydrogens (tertiary/aromatic N) is 1. The molecule has 3 aromatic rings. The third kappa shape index (κ3) is 4.57. The van der Waals surface area contributed by atoms with E-state index in [9.17, 15) is 13.2 Å². The predicted octanol–water partition coefficient (Wildman–Crippen LogP) is 4.15. The number of aromatic nitrogens is 1. The zero-order valence-corrected chi connectivity index (χ0v) is 19.7. The van der Waals surface area contributed by atoms with Crippen LogP contribution in [0.1, 0.15) is 48.9 Å². The van der Waals surface area contributed by atoms with E-state index in [1.807, 2.05) is 42.5 Å². The molecule has 2 aromatic carbocycles. The van der Waals surface area contributed by atoms with Gasteiger partial charge in [-0.25, -0.2) is 8.42 Å². The highest BCUT2D eigenvalue weighted by molar-refractivity contribution is 7.89. The maximum absolute atomic E-state index is 13.4. The van der Waals surface area contributed by atoms with Crippen LogP contribution in [0.25, 0.3) is 10.9 Å². The summed E-state index contributed by atoms with van der Waals surface area (Å²) in [6.07, 6.45) is 6.67. The standard InChI is InChI=1S/C26H31N3O3S/c30-26(27-18-19-7-3-1-4-8-19)20-13-15-29(16-14-20)33(31,32)21-11-12-25-23(17-21)22-9-5-2-6-10-24(22)28-25/h1,3-4,7-8,11-12,17,20,28H,2,5-6,9-10,13-16,18H2,(H,27,30). The van der Waals surface area contributed by atoms with Crippen LogP contribution in [0.3, 0.4) is 0 Å². The number of rotatable bonds is 5. The molecule has 1 fully saturated rings. The van der Waals surface area contributed by atoms with Gasteiger partial charge in [-0.05, 0) is 67.9 Å². The molecule has 1 saturated heterocycles. The maximum atomic E-state index is 13.4. The monoisotopic (exact) mass is 465 g/mol. The average molecular weight is 466 g/mol. The lowest BCUT2D eigenvalue weighted by Gasteiger charge is -2.30. The molecule has 33 heavy (non-hydrogen) atoms. The molecule has 5 rings (SSSR count). The molecule has 2 aliphatic rings. The number of piperidine rings is 1. The SMILES string of the molecule is O=C(NCc1ccccc1)C1CCN(S(=O)(=O)c2ccc3[nH]c4c(c3c2)CCCCC4)CC1. The number of carbonyl (C=O) groups is 1. The van der Waals surface area contributed by atoms with Crippen molar-refractivity contribution in [1.29, 1.82) is 0 Å². The Hall–Kier alpha value is -2.64. The number of aryl methyl sites for hydroxylation is 2. The molecule has 0 radical (unpaired) electrons. The van der Waals surface area contributed by atoms with E-state index < -0.39 is 10.0 Å². The van der Waals surface area contributed by atoms with Gasteiger partial charge in [-0.3, -0.25) is 4.79 Å². The second-order valence-electron chi connectivity index (χ2n) is 9.23. The Labute approximate surface area is 195 Å². The first-order valence-electron chi connectivity index (χ1n) is 12.0. The lowest BCUT2D eigenvalue weighted by molar-refractivity contribution is -0.126. The van der Waals surface area contributed by atoms with Crippen molar-refractivity contribution in [3.8, 4) is 0 Å². The fourth-order valence-electron chi connectivity index (χ4n) is 5.16. The third-order valence-corrected chi connectivity index (χ3v) is 8.99. The maximum Gasteiger partial charge on any atom is 0.243 e. The minimum absolute atomic E-state index is 0.00679. The van der Waals surface area contributed by atoms with Gasteiger partial charge < -0.3 is 10.3 Å². The van der Waals surface area contributed by atoms with E-state index in [2.05, 4.69) is 10.3 Å². The fraction of sp³-hybridized carbons (Fsp3) is 0.423. The highest BCUT2D eigenvalue weighted by Gasteiger charge is 2.32. The number of hydrogen-bond donors (Lipinski definition) is 2. The Kier molecular flexibility index (Phi) is 6.25. The van der Waals surface area contributed by atoms with Crippen molar-refractivity contribution in [2.75, 3.05) is 13.1 Å². The number of nitrogens with one attached hydrogen (secondary N) is 2. The van der Waals surface area contributed by atoms with Crippen molar-refractivity contribution in [1.82, 2.24) is 14.6 Å². The largest absolute Gasteiger partial charge is 0.358 e. The van der Waals surface area contributed by atoms with Gasteiger partial charge in [0.15, 0.2) is 0 Å².